The van der Waals surface area contributed by atoms with Crippen molar-refractivity contribution in [2.45, 2.75) is 13.3 Å². The maximum atomic E-state index is 10.8. The van der Waals surface area contributed by atoms with Gasteiger partial charge < -0.3 is 9.84 Å². The molecule has 0 saturated heterocycles. The van der Waals surface area contributed by atoms with Crippen LogP contribution in [0.3, 0.4) is 0 Å². The zero-order valence-electron chi connectivity index (χ0n) is 10.5. The van der Waals surface area contributed by atoms with Crippen molar-refractivity contribution >= 4 is 6.29 Å². The van der Waals surface area contributed by atoms with Crippen molar-refractivity contribution in [2.75, 3.05) is 13.2 Å². The lowest BCUT2D eigenvalue weighted by molar-refractivity contribution is 0.112. The Bertz CT molecular complexity index is 566. The van der Waals surface area contributed by atoms with Gasteiger partial charge in [-0.2, -0.15) is 0 Å². The van der Waals surface area contributed by atoms with Crippen LogP contribution in [-0.2, 0) is 0 Å². The van der Waals surface area contributed by atoms with Crippen LogP contribution in [-0.4, -0.2) is 24.5 Å². The van der Waals surface area contributed by atoms with Crippen LogP contribution in [0.2, 0.25) is 0 Å². The first-order chi connectivity index (χ1) is 9.22. The predicted octanol–water partition coefficient (Wildman–Crippen LogP) is 2.66. The van der Waals surface area contributed by atoms with Gasteiger partial charge in [0.25, 0.3) is 0 Å². The topological polar surface area (TPSA) is 95.3 Å². The highest BCUT2D eigenvalue weighted by Gasteiger charge is 2.09. The number of hydrogen-bond acceptors (Lipinski definition) is 4. The Labute approximate surface area is 110 Å². The molecule has 0 radical (unpaired) electrons. The zero-order chi connectivity index (χ0) is 14.1. The van der Waals surface area contributed by atoms with Crippen LogP contribution in [0, 0.1) is 11.8 Å². The highest BCUT2D eigenvalue weighted by Crippen LogP contribution is 2.30. The van der Waals surface area contributed by atoms with Crippen molar-refractivity contribution in [3.63, 3.8) is 0 Å². The monoisotopic (exact) mass is 259 g/mol. The minimum absolute atomic E-state index is 0.0938. The minimum atomic E-state index is -0.0938. The molecule has 0 spiro atoms. The van der Waals surface area contributed by atoms with Gasteiger partial charge in [0.1, 0.15) is 6.29 Å². The molecule has 0 aliphatic carbocycles. The van der Waals surface area contributed by atoms with E-state index in [1.54, 1.807) is 6.92 Å². The van der Waals surface area contributed by atoms with Gasteiger partial charge in [0.2, 0.25) is 0 Å². The van der Waals surface area contributed by atoms with E-state index < -0.39 is 0 Å². The zero-order valence-corrected chi connectivity index (χ0v) is 10.5. The first-order valence-electron chi connectivity index (χ1n) is 5.67. The number of carbonyl (C=O) groups is 1. The highest BCUT2D eigenvalue weighted by atomic mass is 16.5. The molecule has 0 bridgehead atoms. The molecule has 1 N–H and O–H groups in total. The molecule has 19 heavy (non-hydrogen) atoms. The van der Waals surface area contributed by atoms with Gasteiger partial charge in [-0.1, -0.05) is 17.0 Å². The summed E-state index contributed by atoms with van der Waals surface area (Å²) in [6, 6.07) is 2.93. The number of nitrogens with zero attached hydrogens (tertiary/aromatic N) is 3. The average Bonchev–Trinajstić information content (AvgIpc) is 2.42. The van der Waals surface area contributed by atoms with E-state index in [-0.39, 0.29) is 18.0 Å². The van der Waals surface area contributed by atoms with Crippen molar-refractivity contribution in [1.82, 2.24) is 0 Å². The molecule has 98 valence electrons. The van der Waals surface area contributed by atoms with E-state index in [0.717, 1.165) is 0 Å². The molecule has 1 aromatic rings. The van der Waals surface area contributed by atoms with Gasteiger partial charge in [-0.15, -0.1) is 0 Å². The summed E-state index contributed by atoms with van der Waals surface area (Å²) in [4.78, 5) is 13.4. The van der Waals surface area contributed by atoms with E-state index >= 15 is 0 Å². The Hall–Kier alpha value is -2.64. The van der Waals surface area contributed by atoms with Gasteiger partial charge in [0.05, 0.1) is 12.2 Å². The normalized spacial score (nSPS) is 8.89. The molecule has 0 aliphatic rings. The quantitative estimate of drug-likeness (QED) is 0.220. The van der Waals surface area contributed by atoms with Crippen LogP contribution in [0.4, 0.5) is 0 Å². The number of ether oxygens (including phenoxy) is 1. The van der Waals surface area contributed by atoms with Crippen molar-refractivity contribution in [1.29, 1.82) is 0 Å². The summed E-state index contributed by atoms with van der Waals surface area (Å²) in [7, 11) is 0. The van der Waals surface area contributed by atoms with Crippen molar-refractivity contribution in [3.05, 3.63) is 33.7 Å². The lowest BCUT2D eigenvalue weighted by Crippen LogP contribution is -1.95. The fourth-order valence-corrected chi connectivity index (χ4v) is 1.37. The average molecular weight is 259 g/mol. The van der Waals surface area contributed by atoms with Crippen LogP contribution in [0.1, 0.15) is 29.3 Å². The molecule has 0 fully saturated rings. The van der Waals surface area contributed by atoms with Gasteiger partial charge in [-0.3, -0.25) is 4.79 Å². The van der Waals surface area contributed by atoms with Crippen LogP contribution in [0.25, 0.3) is 10.4 Å². The number of carbonyl (C=O) groups excluding carboxylic acids is 1. The molecule has 6 nitrogen and oxygen atoms in total. The summed E-state index contributed by atoms with van der Waals surface area (Å²) >= 11 is 0. The lowest BCUT2D eigenvalue weighted by atomic mass is 10.1. The Morgan fingerprint density at radius 2 is 2.37 bits per heavy atom. The number of phenolic OH excluding ortho intramolecular Hbond substituents is 1. The molecule has 0 aromatic heterocycles. The van der Waals surface area contributed by atoms with Crippen molar-refractivity contribution in [3.8, 4) is 23.3 Å². The van der Waals surface area contributed by atoms with E-state index in [1.165, 1.54) is 12.1 Å². The number of benzene rings is 1. The van der Waals surface area contributed by atoms with E-state index in [0.29, 0.717) is 30.4 Å². The number of rotatable bonds is 5. The largest absolute Gasteiger partial charge is 0.503 e. The third-order valence-electron chi connectivity index (χ3n) is 2.16. The molecule has 1 rings (SSSR count). The molecule has 6 heteroatoms. The van der Waals surface area contributed by atoms with Crippen LogP contribution in [0.5, 0.6) is 11.5 Å². The summed E-state index contributed by atoms with van der Waals surface area (Å²) in [5.41, 5.74) is 8.79. The van der Waals surface area contributed by atoms with Gasteiger partial charge in [-0.25, -0.2) is 0 Å². The molecule has 0 amide bonds. The summed E-state index contributed by atoms with van der Waals surface area (Å²) in [5, 5.41) is 13.3. The Kier molecular flexibility index (Phi) is 5.80. The summed E-state index contributed by atoms with van der Waals surface area (Å²) < 4.78 is 5.22. The van der Waals surface area contributed by atoms with Crippen LogP contribution < -0.4 is 4.74 Å². The fraction of sp³-hybridized carbons (Fsp3) is 0.308. The predicted molar refractivity (Wildman–Crippen MR) is 70.2 cm³/mol. The maximum Gasteiger partial charge on any atom is 0.173 e. The van der Waals surface area contributed by atoms with Crippen LogP contribution >= 0.6 is 0 Å². The molecule has 0 unspecified atom stereocenters. The SMILES string of the molecule is CCOc1cc(C=O)cc(C#CCCN=[N+]=[N-])c1O. The minimum Gasteiger partial charge on any atom is -0.503 e. The summed E-state index contributed by atoms with van der Waals surface area (Å²) in [6.07, 6.45) is 1.03. The molecular weight excluding hydrogens is 246 g/mol. The summed E-state index contributed by atoms with van der Waals surface area (Å²) in [5.74, 6) is 5.61. The van der Waals surface area contributed by atoms with E-state index in [2.05, 4.69) is 21.9 Å². The first kappa shape index (κ1) is 14.4. The number of azide groups is 1. The molecular formula is C13H13N3O3. The number of aldehydes is 1. The van der Waals surface area contributed by atoms with Gasteiger partial charge in [0, 0.05) is 23.4 Å². The second-order valence-electron chi connectivity index (χ2n) is 3.47. The van der Waals surface area contributed by atoms with E-state index in [4.69, 9.17) is 10.3 Å². The smallest absolute Gasteiger partial charge is 0.173 e. The Morgan fingerprint density at radius 1 is 1.58 bits per heavy atom. The highest BCUT2D eigenvalue weighted by molar-refractivity contribution is 5.78. The Balaban J connectivity index is 3.01. The lowest BCUT2D eigenvalue weighted by Gasteiger charge is -2.08. The van der Waals surface area contributed by atoms with Crippen molar-refractivity contribution < 1.29 is 14.6 Å². The Morgan fingerprint density at radius 3 is 3.00 bits per heavy atom. The van der Waals surface area contributed by atoms with Gasteiger partial charge in [-0.05, 0) is 24.6 Å². The molecule has 0 saturated carbocycles. The first-order valence-corrected chi connectivity index (χ1v) is 5.67. The second kappa shape index (κ2) is 7.64. The molecule has 0 atom stereocenters. The molecule has 0 heterocycles. The third-order valence-corrected chi connectivity index (χ3v) is 2.16. The second-order valence-corrected chi connectivity index (χ2v) is 3.47. The number of aromatic hydroxyl groups is 1. The number of hydrogen-bond donors (Lipinski definition) is 1. The maximum absolute atomic E-state index is 10.8. The fourth-order valence-electron chi connectivity index (χ4n) is 1.37. The van der Waals surface area contributed by atoms with E-state index in [1.807, 2.05) is 0 Å². The molecule has 1 aromatic carbocycles. The standard InChI is InChI=1S/C13H13N3O3/c1-2-19-12-8-10(9-17)7-11(13(12)18)5-3-4-6-15-16-14/h7-9,18H,2,4,6H2,1H3. The third kappa shape index (κ3) is 4.26. The van der Waals surface area contributed by atoms with Crippen molar-refractivity contribution in [2.24, 2.45) is 5.11 Å². The molecule has 0 aliphatic heterocycles. The number of phenols is 1. The van der Waals surface area contributed by atoms with Gasteiger partial charge >= 0.3 is 0 Å². The summed E-state index contributed by atoms with van der Waals surface area (Å²) in [6.45, 7) is 2.41. The van der Waals surface area contributed by atoms with E-state index in [9.17, 15) is 9.90 Å². The van der Waals surface area contributed by atoms with Gasteiger partial charge in [0.15, 0.2) is 11.5 Å². The van der Waals surface area contributed by atoms with Crippen LogP contribution in [0.15, 0.2) is 17.2 Å².